The topological polar surface area (TPSA) is 107 Å². The number of benzene rings is 1. The van der Waals surface area contributed by atoms with Crippen molar-refractivity contribution in [2.24, 2.45) is 0 Å². The number of methoxy groups -OCH3 is 1. The number of ether oxygens (including phenoxy) is 3. The fourth-order valence-electron chi connectivity index (χ4n) is 3.07. The number of halogens is 2. The minimum absolute atomic E-state index is 0.0259. The predicted molar refractivity (Wildman–Crippen MR) is 128 cm³/mol. The fraction of sp³-hybridized carbons (Fsp3) is 0.348. The highest BCUT2D eigenvalue weighted by Gasteiger charge is 2.35. The lowest BCUT2D eigenvalue weighted by atomic mass is 10.1. The molecular weight excluding hydrogens is 532 g/mol. The Labute approximate surface area is 210 Å². The van der Waals surface area contributed by atoms with Crippen molar-refractivity contribution in [3.8, 4) is 11.5 Å². The molecule has 2 heterocycles. The standard InChI is InChI=1S/C23H24BrClN2O7/c1-5-12(3)33-20-17(32-6-2)10-13(18(24)19(20)25)9-15-21(28)27(23(30)26-15)11-14-7-8-16(34-14)22(29)31-4/h7-10,12H,5-6,11H2,1-4H3,(H,26,30)/b15-9-/t12-/m1/s1. The van der Waals surface area contributed by atoms with Gasteiger partial charge in [0.2, 0.25) is 5.76 Å². The van der Waals surface area contributed by atoms with Gasteiger partial charge in [0.05, 0.1) is 26.4 Å². The average Bonchev–Trinajstić information content (AvgIpc) is 3.39. The van der Waals surface area contributed by atoms with Crippen LogP contribution in [0.2, 0.25) is 5.02 Å². The van der Waals surface area contributed by atoms with Crippen molar-refractivity contribution in [2.45, 2.75) is 39.8 Å². The van der Waals surface area contributed by atoms with E-state index < -0.39 is 17.9 Å². The molecule has 0 unspecified atom stereocenters. The van der Waals surface area contributed by atoms with Gasteiger partial charge >= 0.3 is 12.0 Å². The Hall–Kier alpha value is -2.98. The second-order valence-corrected chi connectivity index (χ2v) is 8.50. The van der Waals surface area contributed by atoms with E-state index >= 15 is 0 Å². The Morgan fingerprint density at radius 1 is 1.32 bits per heavy atom. The van der Waals surface area contributed by atoms with Crippen LogP contribution in [0.1, 0.15) is 49.1 Å². The molecule has 1 aliphatic rings. The van der Waals surface area contributed by atoms with Crippen molar-refractivity contribution in [1.82, 2.24) is 10.2 Å². The number of furan rings is 1. The summed E-state index contributed by atoms with van der Waals surface area (Å²) in [4.78, 5) is 37.9. The number of nitrogens with one attached hydrogen (secondary N) is 1. The maximum atomic E-state index is 12.9. The first-order chi connectivity index (χ1) is 16.2. The number of rotatable bonds is 9. The highest BCUT2D eigenvalue weighted by molar-refractivity contribution is 9.10. The summed E-state index contributed by atoms with van der Waals surface area (Å²) < 4.78 is 22.1. The van der Waals surface area contributed by atoms with Crippen molar-refractivity contribution >= 4 is 51.5 Å². The van der Waals surface area contributed by atoms with Crippen molar-refractivity contribution in [1.29, 1.82) is 0 Å². The molecule has 1 N–H and O–H groups in total. The van der Waals surface area contributed by atoms with E-state index in [1.165, 1.54) is 25.3 Å². The van der Waals surface area contributed by atoms with E-state index in [1.54, 1.807) is 6.07 Å². The van der Waals surface area contributed by atoms with Gasteiger partial charge in [-0.2, -0.15) is 0 Å². The van der Waals surface area contributed by atoms with Crippen molar-refractivity contribution in [3.63, 3.8) is 0 Å². The molecule has 9 nitrogen and oxygen atoms in total. The minimum Gasteiger partial charge on any atom is -0.490 e. The molecule has 1 atom stereocenters. The summed E-state index contributed by atoms with van der Waals surface area (Å²) in [6, 6.07) is 3.96. The summed E-state index contributed by atoms with van der Waals surface area (Å²) in [5, 5.41) is 2.84. The molecule has 3 amide bonds. The van der Waals surface area contributed by atoms with Crippen LogP contribution < -0.4 is 14.8 Å². The van der Waals surface area contributed by atoms with E-state index in [0.717, 1.165) is 11.3 Å². The van der Waals surface area contributed by atoms with Crippen molar-refractivity contribution < 1.29 is 33.0 Å². The van der Waals surface area contributed by atoms with E-state index in [0.29, 0.717) is 28.1 Å². The van der Waals surface area contributed by atoms with Crippen LogP contribution in [0.4, 0.5) is 4.79 Å². The first-order valence-corrected chi connectivity index (χ1v) is 11.7. The van der Waals surface area contributed by atoms with Gasteiger partial charge in [-0.15, -0.1) is 0 Å². The quantitative estimate of drug-likeness (QED) is 0.259. The molecule has 0 saturated carbocycles. The third-order valence-corrected chi connectivity index (χ3v) is 6.42. The molecule has 1 aliphatic heterocycles. The van der Waals surface area contributed by atoms with Crippen molar-refractivity contribution in [2.75, 3.05) is 13.7 Å². The molecule has 34 heavy (non-hydrogen) atoms. The van der Waals surface area contributed by atoms with Gasteiger partial charge in [0.1, 0.15) is 16.5 Å². The third-order valence-electron chi connectivity index (χ3n) is 4.97. The van der Waals surface area contributed by atoms with Crippen LogP contribution in [0.15, 0.2) is 32.8 Å². The highest BCUT2D eigenvalue weighted by atomic mass is 79.9. The molecule has 1 aromatic carbocycles. The second-order valence-electron chi connectivity index (χ2n) is 7.33. The Bertz CT molecular complexity index is 1140. The van der Waals surface area contributed by atoms with E-state index in [9.17, 15) is 14.4 Å². The zero-order chi connectivity index (χ0) is 25.0. The van der Waals surface area contributed by atoms with Gasteiger partial charge in [0, 0.05) is 4.47 Å². The molecule has 0 aliphatic carbocycles. The molecule has 3 rings (SSSR count). The summed E-state index contributed by atoms with van der Waals surface area (Å²) in [6.07, 6.45) is 2.19. The first kappa shape index (κ1) is 25.6. The second kappa shape index (κ2) is 11.0. The average molecular weight is 556 g/mol. The summed E-state index contributed by atoms with van der Waals surface area (Å²) in [7, 11) is 1.23. The molecule has 0 spiro atoms. The van der Waals surface area contributed by atoms with Gasteiger partial charge in [0.15, 0.2) is 11.5 Å². The van der Waals surface area contributed by atoms with E-state index in [4.69, 9.17) is 25.5 Å². The SMILES string of the molecule is CCOc1cc(/C=C2\NC(=O)N(Cc3ccc(C(=O)OC)o3)C2=O)c(Br)c(Cl)c1O[C@H](C)CC. The smallest absolute Gasteiger partial charge is 0.373 e. The van der Waals surface area contributed by atoms with Gasteiger partial charge in [-0.3, -0.25) is 9.69 Å². The lowest BCUT2D eigenvalue weighted by molar-refractivity contribution is -0.123. The number of hydrogen-bond donors (Lipinski definition) is 1. The number of amides is 3. The maximum Gasteiger partial charge on any atom is 0.373 e. The van der Waals surface area contributed by atoms with E-state index in [-0.39, 0.29) is 34.9 Å². The van der Waals surface area contributed by atoms with E-state index in [2.05, 4.69) is 26.0 Å². The van der Waals surface area contributed by atoms with Gasteiger partial charge in [-0.25, -0.2) is 9.59 Å². The van der Waals surface area contributed by atoms with Crippen LogP contribution in [0, 0.1) is 0 Å². The van der Waals surface area contributed by atoms with Crippen LogP contribution >= 0.6 is 27.5 Å². The number of carbonyl (C=O) groups is 3. The van der Waals surface area contributed by atoms with Gasteiger partial charge in [-0.1, -0.05) is 18.5 Å². The number of esters is 1. The Kier molecular flexibility index (Phi) is 8.27. The zero-order valence-electron chi connectivity index (χ0n) is 19.1. The zero-order valence-corrected chi connectivity index (χ0v) is 21.4. The minimum atomic E-state index is -0.656. The summed E-state index contributed by atoms with van der Waals surface area (Å²) in [6.45, 7) is 5.97. The fourth-order valence-corrected chi connectivity index (χ4v) is 3.72. The van der Waals surface area contributed by atoms with E-state index in [1.807, 2.05) is 20.8 Å². The predicted octanol–water partition coefficient (Wildman–Crippen LogP) is 5.15. The molecule has 2 aromatic rings. The number of imide groups is 1. The molecule has 1 fully saturated rings. The molecule has 11 heteroatoms. The van der Waals surface area contributed by atoms with Crippen LogP contribution in [0.3, 0.4) is 0 Å². The largest absolute Gasteiger partial charge is 0.490 e. The molecule has 0 bridgehead atoms. The van der Waals surface area contributed by atoms with Crippen LogP contribution in [0.25, 0.3) is 6.08 Å². The molecule has 1 saturated heterocycles. The number of urea groups is 1. The molecule has 182 valence electrons. The molecule has 1 aromatic heterocycles. The van der Waals surface area contributed by atoms with Crippen LogP contribution in [-0.2, 0) is 16.1 Å². The lowest BCUT2D eigenvalue weighted by Crippen LogP contribution is -2.30. The lowest BCUT2D eigenvalue weighted by Gasteiger charge is -2.19. The third kappa shape index (κ3) is 5.39. The number of nitrogens with zero attached hydrogens (tertiary/aromatic N) is 1. The Morgan fingerprint density at radius 2 is 2.06 bits per heavy atom. The van der Waals surface area contributed by atoms with Gasteiger partial charge in [-0.05, 0) is 66.0 Å². The summed E-state index contributed by atoms with van der Waals surface area (Å²) in [5.74, 6) is -0.183. The summed E-state index contributed by atoms with van der Waals surface area (Å²) in [5.41, 5.74) is 0.556. The first-order valence-electron chi connectivity index (χ1n) is 10.5. The molecule has 0 radical (unpaired) electrons. The Morgan fingerprint density at radius 3 is 2.71 bits per heavy atom. The highest BCUT2D eigenvalue weighted by Crippen LogP contribution is 2.44. The normalized spacial score (nSPS) is 15.5. The number of hydrogen-bond acceptors (Lipinski definition) is 7. The monoisotopic (exact) mass is 554 g/mol. The number of carbonyl (C=O) groups excluding carboxylic acids is 3. The van der Waals surface area contributed by atoms with Crippen molar-refractivity contribution in [3.05, 3.63) is 50.5 Å². The van der Waals surface area contributed by atoms with Gasteiger partial charge in [0.25, 0.3) is 5.91 Å². The van der Waals surface area contributed by atoms with Crippen LogP contribution in [0.5, 0.6) is 11.5 Å². The summed E-state index contributed by atoms with van der Waals surface area (Å²) >= 11 is 10.0. The van der Waals surface area contributed by atoms with Gasteiger partial charge < -0.3 is 23.9 Å². The molecular formula is C23H24BrClN2O7. The maximum absolute atomic E-state index is 12.9. The van der Waals surface area contributed by atoms with Crippen LogP contribution in [-0.4, -0.2) is 42.6 Å². The Balaban J connectivity index is 1.89.